The molecule has 1 aromatic heterocycles. The molecule has 2 aliphatic carbocycles. The molecular formula is C22H27N. The quantitative estimate of drug-likeness (QED) is 0.678. The summed E-state index contributed by atoms with van der Waals surface area (Å²) in [5.41, 5.74) is 4.29. The van der Waals surface area contributed by atoms with E-state index in [2.05, 4.69) is 61.3 Å². The Balaban J connectivity index is 1.74. The van der Waals surface area contributed by atoms with Crippen molar-refractivity contribution in [2.24, 2.45) is 17.8 Å². The van der Waals surface area contributed by atoms with Crippen molar-refractivity contribution in [3.63, 3.8) is 0 Å². The normalized spacial score (nSPS) is 33.4. The van der Waals surface area contributed by atoms with E-state index in [1.54, 1.807) is 0 Å². The Bertz CT molecular complexity index is 656. The molecule has 0 N–H and O–H groups in total. The zero-order chi connectivity index (χ0) is 15.9. The molecule has 2 saturated carbocycles. The monoisotopic (exact) mass is 305 g/mol. The predicted molar refractivity (Wildman–Crippen MR) is 96.3 cm³/mol. The fourth-order valence-electron chi connectivity index (χ4n) is 5.59. The summed E-state index contributed by atoms with van der Waals surface area (Å²) in [7, 11) is 0. The molecule has 2 atom stereocenters. The van der Waals surface area contributed by atoms with Gasteiger partial charge in [-0.15, -0.1) is 0 Å². The Kier molecular flexibility index (Phi) is 3.75. The van der Waals surface area contributed by atoms with E-state index >= 15 is 0 Å². The van der Waals surface area contributed by atoms with Gasteiger partial charge in [-0.3, -0.25) is 4.98 Å². The zero-order valence-electron chi connectivity index (χ0n) is 14.3. The van der Waals surface area contributed by atoms with Gasteiger partial charge in [-0.25, -0.2) is 0 Å². The Morgan fingerprint density at radius 1 is 0.913 bits per heavy atom. The van der Waals surface area contributed by atoms with Crippen LogP contribution in [0.3, 0.4) is 0 Å². The highest BCUT2D eigenvalue weighted by Crippen LogP contribution is 2.54. The van der Waals surface area contributed by atoms with E-state index in [4.69, 9.17) is 0 Å². The molecule has 2 unspecified atom stereocenters. The van der Waals surface area contributed by atoms with E-state index in [-0.39, 0.29) is 0 Å². The number of benzene rings is 1. The van der Waals surface area contributed by atoms with Crippen molar-refractivity contribution in [2.45, 2.75) is 51.4 Å². The number of hydrogen-bond donors (Lipinski definition) is 0. The molecule has 0 saturated heterocycles. The SMILES string of the molecule is CC1CC2CC(C)CC(c3ccnc(-c4ccccc4)c3)(C1)C2. The number of hydrogen-bond acceptors (Lipinski definition) is 1. The van der Waals surface area contributed by atoms with Crippen molar-refractivity contribution in [2.75, 3.05) is 0 Å². The highest BCUT2D eigenvalue weighted by Gasteiger charge is 2.45. The maximum absolute atomic E-state index is 4.64. The molecule has 4 rings (SSSR count). The van der Waals surface area contributed by atoms with Crippen molar-refractivity contribution >= 4 is 0 Å². The molecule has 0 amide bonds. The first-order chi connectivity index (χ1) is 11.1. The van der Waals surface area contributed by atoms with E-state index in [1.165, 1.54) is 43.2 Å². The summed E-state index contributed by atoms with van der Waals surface area (Å²) in [4.78, 5) is 4.64. The van der Waals surface area contributed by atoms with Crippen molar-refractivity contribution in [3.8, 4) is 11.3 Å². The summed E-state index contributed by atoms with van der Waals surface area (Å²) >= 11 is 0. The van der Waals surface area contributed by atoms with Gasteiger partial charge in [0.2, 0.25) is 0 Å². The van der Waals surface area contributed by atoms with Gasteiger partial charge in [0.05, 0.1) is 5.69 Å². The minimum absolute atomic E-state index is 0.395. The second-order valence-corrected chi connectivity index (χ2v) is 8.24. The highest BCUT2D eigenvalue weighted by molar-refractivity contribution is 5.60. The van der Waals surface area contributed by atoms with E-state index < -0.39 is 0 Å². The third-order valence-electron chi connectivity index (χ3n) is 6.07. The standard InChI is InChI=1S/C22H27N/c1-16-10-18-11-17(2)14-22(13-16,15-18)20-8-9-23-21(12-20)19-6-4-3-5-7-19/h3-9,12,16-18H,10-11,13-15H2,1-2H3. The largest absolute Gasteiger partial charge is 0.256 e. The lowest BCUT2D eigenvalue weighted by Crippen LogP contribution is -2.42. The van der Waals surface area contributed by atoms with Gasteiger partial charge in [-0.1, -0.05) is 44.2 Å². The van der Waals surface area contributed by atoms with E-state index in [1.807, 2.05) is 6.20 Å². The molecule has 2 fully saturated rings. The number of pyridine rings is 1. The molecule has 2 aliphatic rings. The summed E-state index contributed by atoms with van der Waals surface area (Å²) in [6.07, 6.45) is 8.99. The summed E-state index contributed by atoms with van der Waals surface area (Å²) in [6, 6.07) is 15.3. The molecule has 1 aromatic carbocycles. The maximum atomic E-state index is 4.64. The van der Waals surface area contributed by atoms with Crippen molar-refractivity contribution in [1.82, 2.24) is 4.98 Å². The van der Waals surface area contributed by atoms with Gasteiger partial charge >= 0.3 is 0 Å². The molecule has 120 valence electrons. The Morgan fingerprint density at radius 3 is 2.30 bits per heavy atom. The minimum atomic E-state index is 0.395. The summed E-state index contributed by atoms with van der Waals surface area (Å²) in [6.45, 7) is 4.91. The fraction of sp³-hybridized carbons (Fsp3) is 0.500. The first-order valence-corrected chi connectivity index (χ1v) is 9.16. The second kappa shape index (κ2) is 5.78. The minimum Gasteiger partial charge on any atom is -0.256 e. The molecule has 0 aliphatic heterocycles. The van der Waals surface area contributed by atoms with Crippen LogP contribution in [0.2, 0.25) is 0 Å². The summed E-state index contributed by atoms with van der Waals surface area (Å²) < 4.78 is 0. The van der Waals surface area contributed by atoms with Crippen LogP contribution in [0.15, 0.2) is 48.7 Å². The smallest absolute Gasteiger partial charge is 0.0704 e. The molecule has 0 radical (unpaired) electrons. The van der Waals surface area contributed by atoms with Crippen LogP contribution in [-0.2, 0) is 5.41 Å². The Morgan fingerprint density at radius 2 is 1.61 bits per heavy atom. The molecule has 2 bridgehead atoms. The van der Waals surface area contributed by atoms with Gasteiger partial charge in [0.25, 0.3) is 0 Å². The van der Waals surface area contributed by atoms with Crippen LogP contribution in [0, 0.1) is 17.8 Å². The van der Waals surface area contributed by atoms with Crippen LogP contribution < -0.4 is 0 Å². The van der Waals surface area contributed by atoms with Gasteiger partial charge in [-0.2, -0.15) is 0 Å². The molecule has 2 aromatic rings. The second-order valence-electron chi connectivity index (χ2n) is 8.24. The number of fused-ring (bicyclic) bond motifs is 2. The molecule has 23 heavy (non-hydrogen) atoms. The molecule has 1 heteroatoms. The van der Waals surface area contributed by atoms with E-state index in [9.17, 15) is 0 Å². The first-order valence-electron chi connectivity index (χ1n) is 9.16. The highest BCUT2D eigenvalue weighted by atomic mass is 14.7. The fourth-order valence-corrected chi connectivity index (χ4v) is 5.59. The number of rotatable bonds is 2. The third kappa shape index (κ3) is 2.82. The van der Waals surface area contributed by atoms with Gasteiger partial charge in [0.15, 0.2) is 0 Å². The summed E-state index contributed by atoms with van der Waals surface area (Å²) in [5.74, 6) is 2.64. The van der Waals surface area contributed by atoms with Gasteiger partial charge < -0.3 is 0 Å². The molecule has 0 spiro atoms. The Labute approximate surface area is 140 Å². The van der Waals surface area contributed by atoms with E-state index in [0.29, 0.717) is 5.41 Å². The number of aromatic nitrogens is 1. The van der Waals surface area contributed by atoms with Crippen LogP contribution in [0.5, 0.6) is 0 Å². The Hall–Kier alpha value is -1.63. The average molecular weight is 305 g/mol. The van der Waals surface area contributed by atoms with E-state index in [0.717, 1.165) is 23.4 Å². The lowest BCUT2D eigenvalue weighted by Gasteiger charge is -2.50. The average Bonchev–Trinajstić information content (AvgIpc) is 2.54. The van der Waals surface area contributed by atoms with Crippen molar-refractivity contribution in [3.05, 3.63) is 54.2 Å². The topological polar surface area (TPSA) is 12.9 Å². The van der Waals surface area contributed by atoms with Crippen LogP contribution in [0.25, 0.3) is 11.3 Å². The molecule has 1 heterocycles. The third-order valence-corrected chi connectivity index (χ3v) is 6.07. The van der Waals surface area contributed by atoms with Crippen LogP contribution in [0.1, 0.15) is 51.5 Å². The van der Waals surface area contributed by atoms with Gasteiger partial charge in [0.1, 0.15) is 0 Å². The molecule has 1 nitrogen and oxygen atoms in total. The number of nitrogens with zero attached hydrogens (tertiary/aromatic N) is 1. The van der Waals surface area contributed by atoms with Crippen LogP contribution >= 0.6 is 0 Å². The van der Waals surface area contributed by atoms with Gasteiger partial charge in [0, 0.05) is 11.8 Å². The zero-order valence-corrected chi connectivity index (χ0v) is 14.3. The predicted octanol–water partition coefficient (Wildman–Crippen LogP) is 5.85. The molecular weight excluding hydrogens is 278 g/mol. The van der Waals surface area contributed by atoms with Crippen molar-refractivity contribution in [1.29, 1.82) is 0 Å². The lowest BCUT2D eigenvalue weighted by molar-refractivity contribution is 0.0780. The van der Waals surface area contributed by atoms with Crippen LogP contribution in [0.4, 0.5) is 0 Å². The summed E-state index contributed by atoms with van der Waals surface area (Å²) in [5, 5.41) is 0. The first kappa shape index (κ1) is 14.9. The van der Waals surface area contributed by atoms with Crippen molar-refractivity contribution < 1.29 is 0 Å². The van der Waals surface area contributed by atoms with Gasteiger partial charge in [-0.05, 0) is 73.0 Å². The van der Waals surface area contributed by atoms with Crippen LogP contribution in [-0.4, -0.2) is 4.98 Å². The maximum Gasteiger partial charge on any atom is 0.0704 e. The lowest BCUT2D eigenvalue weighted by atomic mass is 9.54.